The Balaban J connectivity index is 2.52. The Morgan fingerprint density at radius 3 is 2.67 bits per heavy atom. The minimum absolute atomic E-state index is 0.0557. The third kappa shape index (κ3) is 4.55. The molecule has 0 aromatic heterocycles. The lowest BCUT2D eigenvalue weighted by Crippen LogP contribution is -2.43. The molecular weight excluding hydrogens is 254 g/mol. The summed E-state index contributed by atoms with van der Waals surface area (Å²) in [6, 6.07) is 7.00. The first-order chi connectivity index (χ1) is 8.54. The van der Waals surface area contributed by atoms with Gasteiger partial charge in [0, 0.05) is 13.2 Å². The molecule has 100 valence electrons. The summed E-state index contributed by atoms with van der Waals surface area (Å²) in [5.41, 5.74) is 0. The van der Waals surface area contributed by atoms with Crippen molar-refractivity contribution in [2.45, 2.75) is 26.0 Å². The average Bonchev–Trinajstić information content (AvgIpc) is 2.32. The molecule has 0 aliphatic carbocycles. The van der Waals surface area contributed by atoms with Gasteiger partial charge in [-0.3, -0.25) is 4.79 Å². The predicted octanol–water partition coefficient (Wildman–Crippen LogP) is 2.26. The van der Waals surface area contributed by atoms with Crippen LogP contribution in [-0.4, -0.2) is 31.8 Å². The molecule has 0 saturated carbocycles. The molecule has 0 unspecified atom stereocenters. The van der Waals surface area contributed by atoms with E-state index < -0.39 is 6.10 Å². The molecule has 0 saturated heterocycles. The summed E-state index contributed by atoms with van der Waals surface area (Å²) in [6.45, 7) is 4.01. The lowest BCUT2D eigenvalue weighted by molar-refractivity contribution is -0.128. The Bertz CT molecular complexity index is 398. The second kappa shape index (κ2) is 7.24. The third-order valence-corrected chi connectivity index (χ3v) is 2.63. The van der Waals surface area contributed by atoms with Crippen LogP contribution in [0.4, 0.5) is 0 Å². The molecule has 4 nitrogen and oxygen atoms in total. The smallest absolute Gasteiger partial charge is 0.261 e. The van der Waals surface area contributed by atoms with Crippen LogP contribution in [-0.2, 0) is 9.53 Å². The van der Waals surface area contributed by atoms with Crippen LogP contribution in [0, 0.1) is 0 Å². The van der Waals surface area contributed by atoms with Gasteiger partial charge in [-0.15, -0.1) is 0 Å². The molecular formula is C13H18ClNO3. The van der Waals surface area contributed by atoms with Crippen molar-refractivity contribution in [3.05, 3.63) is 29.3 Å². The summed E-state index contributed by atoms with van der Waals surface area (Å²) in [5.74, 6) is 0.306. The number of halogens is 1. The van der Waals surface area contributed by atoms with Gasteiger partial charge in [-0.2, -0.15) is 0 Å². The molecule has 0 radical (unpaired) electrons. The highest BCUT2D eigenvalue weighted by molar-refractivity contribution is 6.32. The number of hydrogen-bond donors (Lipinski definition) is 1. The Morgan fingerprint density at radius 2 is 2.06 bits per heavy atom. The number of carbonyl (C=O) groups excluding carboxylic acids is 1. The Kier molecular flexibility index (Phi) is 5.95. The van der Waals surface area contributed by atoms with E-state index >= 15 is 0 Å². The standard InChI is InChI=1S/C13H18ClNO3/c1-9(8-17-3)15-13(16)10(2)18-12-7-5-4-6-11(12)14/h4-7,9-10H,8H2,1-3H3,(H,15,16)/t9-,10-/m1/s1. The molecule has 1 N–H and O–H groups in total. The number of methoxy groups -OCH3 is 1. The highest BCUT2D eigenvalue weighted by Crippen LogP contribution is 2.24. The van der Waals surface area contributed by atoms with E-state index in [4.69, 9.17) is 21.1 Å². The number of benzene rings is 1. The summed E-state index contributed by atoms with van der Waals surface area (Å²) in [4.78, 5) is 11.8. The number of ether oxygens (including phenoxy) is 2. The van der Waals surface area contributed by atoms with Crippen molar-refractivity contribution in [2.75, 3.05) is 13.7 Å². The van der Waals surface area contributed by atoms with Gasteiger partial charge in [0.25, 0.3) is 5.91 Å². The van der Waals surface area contributed by atoms with Crippen molar-refractivity contribution in [1.82, 2.24) is 5.32 Å². The fourth-order valence-corrected chi connectivity index (χ4v) is 1.62. The van der Waals surface area contributed by atoms with Crippen LogP contribution in [0.15, 0.2) is 24.3 Å². The maximum absolute atomic E-state index is 11.8. The summed E-state index contributed by atoms with van der Waals surface area (Å²) in [6.07, 6.45) is -0.607. The first-order valence-electron chi connectivity index (χ1n) is 5.75. The number of para-hydroxylation sites is 1. The van der Waals surface area contributed by atoms with E-state index in [1.807, 2.05) is 6.92 Å². The van der Waals surface area contributed by atoms with Crippen LogP contribution in [0.3, 0.4) is 0 Å². The van der Waals surface area contributed by atoms with Gasteiger partial charge in [0.2, 0.25) is 0 Å². The van der Waals surface area contributed by atoms with E-state index in [2.05, 4.69) is 5.32 Å². The first-order valence-corrected chi connectivity index (χ1v) is 6.13. The van der Waals surface area contributed by atoms with Gasteiger partial charge >= 0.3 is 0 Å². The molecule has 1 aromatic carbocycles. The minimum Gasteiger partial charge on any atom is -0.479 e. The summed E-state index contributed by atoms with van der Waals surface area (Å²) in [5, 5.41) is 3.28. The van der Waals surface area contributed by atoms with Crippen molar-refractivity contribution in [2.24, 2.45) is 0 Å². The zero-order valence-corrected chi connectivity index (χ0v) is 11.5. The summed E-state index contributed by atoms with van der Waals surface area (Å²) in [7, 11) is 1.59. The quantitative estimate of drug-likeness (QED) is 0.863. The fourth-order valence-electron chi connectivity index (χ4n) is 1.44. The van der Waals surface area contributed by atoms with E-state index in [1.54, 1.807) is 38.3 Å². The lowest BCUT2D eigenvalue weighted by atomic mass is 10.3. The van der Waals surface area contributed by atoms with Crippen LogP contribution >= 0.6 is 11.6 Å². The molecule has 0 heterocycles. The second-order valence-electron chi connectivity index (χ2n) is 4.06. The van der Waals surface area contributed by atoms with Gasteiger partial charge in [-0.1, -0.05) is 23.7 Å². The van der Waals surface area contributed by atoms with Crippen molar-refractivity contribution < 1.29 is 14.3 Å². The number of hydrogen-bond acceptors (Lipinski definition) is 3. The van der Waals surface area contributed by atoms with E-state index in [0.717, 1.165) is 0 Å². The maximum Gasteiger partial charge on any atom is 0.261 e. The Hall–Kier alpha value is -1.26. The van der Waals surface area contributed by atoms with E-state index in [9.17, 15) is 4.79 Å². The van der Waals surface area contributed by atoms with Crippen molar-refractivity contribution in [1.29, 1.82) is 0 Å². The van der Waals surface area contributed by atoms with Crippen molar-refractivity contribution in [3.63, 3.8) is 0 Å². The van der Waals surface area contributed by atoms with Gasteiger partial charge < -0.3 is 14.8 Å². The third-order valence-electron chi connectivity index (χ3n) is 2.31. The molecule has 0 fully saturated rings. The Morgan fingerprint density at radius 1 is 1.39 bits per heavy atom. The second-order valence-corrected chi connectivity index (χ2v) is 4.46. The molecule has 1 rings (SSSR count). The number of carbonyl (C=O) groups is 1. The number of amides is 1. The van der Waals surface area contributed by atoms with Crippen LogP contribution in [0.5, 0.6) is 5.75 Å². The van der Waals surface area contributed by atoms with Gasteiger partial charge in [0.1, 0.15) is 5.75 Å². The molecule has 0 spiro atoms. The maximum atomic E-state index is 11.8. The molecule has 0 bridgehead atoms. The SMILES string of the molecule is COC[C@@H](C)NC(=O)[C@@H](C)Oc1ccccc1Cl. The highest BCUT2D eigenvalue weighted by atomic mass is 35.5. The summed E-state index contributed by atoms with van der Waals surface area (Å²) >= 11 is 5.95. The monoisotopic (exact) mass is 271 g/mol. The number of rotatable bonds is 6. The zero-order valence-electron chi connectivity index (χ0n) is 10.8. The lowest BCUT2D eigenvalue weighted by Gasteiger charge is -2.18. The van der Waals surface area contributed by atoms with E-state index in [-0.39, 0.29) is 11.9 Å². The van der Waals surface area contributed by atoms with Crippen LogP contribution < -0.4 is 10.1 Å². The van der Waals surface area contributed by atoms with Crippen molar-refractivity contribution in [3.8, 4) is 5.75 Å². The molecule has 5 heteroatoms. The largest absolute Gasteiger partial charge is 0.479 e. The zero-order chi connectivity index (χ0) is 13.5. The molecule has 2 atom stereocenters. The van der Waals surface area contributed by atoms with Gasteiger partial charge in [0.15, 0.2) is 6.10 Å². The summed E-state index contributed by atoms with van der Waals surface area (Å²) < 4.78 is 10.4. The normalized spacial score (nSPS) is 13.8. The molecule has 0 aliphatic rings. The molecule has 1 amide bonds. The molecule has 18 heavy (non-hydrogen) atoms. The van der Waals surface area contributed by atoms with Crippen molar-refractivity contribution >= 4 is 17.5 Å². The predicted molar refractivity (Wildman–Crippen MR) is 71.0 cm³/mol. The molecule has 0 aliphatic heterocycles. The van der Waals surface area contributed by atoms with Gasteiger partial charge in [0.05, 0.1) is 11.6 Å². The minimum atomic E-state index is -0.607. The fraction of sp³-hybridized carbons (Fsp3) is 0.462. The van der Waals surface area contributed by atoms with Crippen LogP contribution in [0.25, 0.3) is 0 Å². The van der Waals surface area contributed by atoms with Crippen LogP contribution in [0.2, 0.25) is 5.02 Å². The van der Waals surface area contributed by atoms with Gasteiger partial charge in [-0.25, -0.2) is 0 Å². The number of nitrogens with one attached hydrogen (secondary N) is 1. The topological polar surface area (TPSA) is 47.6 Å². The van der Waals surface area contributed by atoms with E-state index in [0.29, 0.717) is 17.4 Å². The Labute approximate surface area is 112 Å². The van der Waals surface area contributed by atoms with E-state index in [1.165, 1.54) is 0 Å². The molecule has 1 aromatic rings. The average molecular weight is 272 g/mol. The van der Waals surface area contributed by atoms with Crippen LogP contribution in [0.1, 0.15) is 13.8 Å². The first kappa shape index (κ1) is 14.8. The highest BCUT2D eigenvalue weighted by Gasteiger charge is 2.17. The van der Waals surface area contributed by atoms with Gasteiger partial charge in [-0.05, 0) is 26.0 Å².